The zero-order chi connectivity index (χ0) is 27.2. The fraction of sp³-hybridized carbons (Fsp3) is 0.552. The van der Waals surface area contributed by atoms with Gasteiger partial charge in [-0.2, -0.15) is 0 Å². The Morgan fingerprint density at radius 1 is 1.03 bits per heavy atom. The lowest BCUT2D eigenvalue weighted by atomic mass is 9.74. The standard InChI is InChI=1S/C29H37N3O6/c1-5-37-21-11-9-20(10-12-21)31-16-6-13-28(4)22(25(31)34)23-26(35)32(17-8-18-33)24-27(36)30(19(2)3)15-7-14-29(23,24)38-28/h6-7,9-14,19,22-24,33H,5,8,15-18H2,1-4H3/t22-,23-,24?,28+,29-/m0/s1. The quantitative estimate of drug-likeness (QED) is 0.550. The van der Waals surface area contributed by atoms with E-state index in [4.69, 9.17) is 9.47 Å². The van der Waals surface area contributed by atoms with Gasteiger partial charge in [-0.3, -0.25) is 14.4 Å². The first kappa shape index (κ1) is 26.4. The van der Waals surface area contributed by atoms with Crippen LogP contribution in [0, 0.1) is 11.8 Å². The first-order valence-corrected chi connectivity index (χ1v) is 13.5. The molecule has 4 aliphatic rings. The molecule has 2 saturated heterocycles. The Hall–Kier alpha value is -3.17. The molecule has 0 radical (unpaired) electrons. The number of anilines is 1. The number of ether oxygens (including phenoxy) is 2. The van der Waals surface area contributed by atoms with Gasteiger partial charge in [0.1, 0.15) is 17.4 Å². The molecule has 5 atom stereocenters. The number of carbonyl (C=O) groups excluding carboxylic acids is 3. The van der Waals surface area contributed by atoms with Gasteiger partial charge in [-0.05, 0) is 58.4 Å². The predicted molar refractivity (Wildman–Crippen MR) is 141 cm³/mol. The fourth-order valence-corrected chi connectivity index (χ4v) is 6.61. The Morgan fingerprint density at radius 2 is 1.74 bits per heavy atom. The molecule has 1 unspecified atom stereocenters. The summed E-state index contributed by atoms with van der Waals surface area (Å²) in [6, 6.07) is 6.35. The average molecular weight is 524 g/mol. The van der Waals surface area contributed by atoms with E-state index in [1.165, 1.54) is 4.90 Å². The van der Waals surface area contributed by atoms with E-state index in [-0.39, 0.29) is 36.9 Å². The Balaban J connectivity index is 1.58. The summed E-state index contributed by atoms with van der Waals surface area (Å²) in [5, 5.41) is 9.54. The third kappa shape index (κ3) is 3.94. The van der Waals surface area contributed by atoms with Crippen molar-refractivity contribution in [3.05, 3.63) is 48.6 Å². The molecular weight excluding hydrogens is 486 g/mol. The summed E-state index contributed by atoms with van der Waals surface area (Å²) in [5.41, 5.74) is -1.66. The first-order chi connectivity index (χ1) is 18.2. The summed E-state index contributed by atoms with van der Waals surface area (Å²) in [6.45, 7) is 9.02. The van der Waals surface area contributed by atoms with Crippen LogP contribution in [0.15, 0.2) is 48.6 Å². The van der Waals surface area contributed by atoms with E-state index in [0.29, 0.717) is 37.6 Å². The van der Waals surface area contributed by atoms with E-state index in [1.54, 1.807) is 9.80 Å². The SMILES string of the molecule is CCOc1ccc(N2CC=C[C@@]3(C)O[C@]45C=CCN(C(C)C)C(=O)C4N(CCCO)C(=O)[C@@H]5[C@H]3C2=O)cc1. The molecule has 0 aromatic heterocycles. The van der Waals surface area contributed by atoms with Crippen LogP contribution in [0.2, 0.25) is 0 Å². The second-order valence-electron chi connectivity index (χ2n) is 10.9. The molecule has 0 saturated carbocycles. The number of rotatable bonds is 7. The van der Waals surface area contributed by atoms with Crippen molar-refractivity contribution in [2.45, 2.75) is 57.4 Å². The predicted octanol–water partition coefficient (Wildman–Crippen LogP) is 2.15. The molecule has 5 rings (SSSR count). The minimum absolute atomic E-state index is 0.0738. The van der Waals surface area contributed by atoms with Gasteiger partial charge >= 0.3 is 0 Å². The first-order valence-electron chi connectivity index (χ1n) is 13.5. The molecule has 3 amide bonds. The number of amides is 3. The van der Waals surface area contributed by atoms with Gasteiger partial charge in [0, 0.05) is 38.0 Å². The van der Waals surface area contributed by atoms with Gasteiger partial charge in [0.05, 0.1) is 24.0 Å². The highest BCUT2D eigenvalue weighted by Crippen LogP contribution is 2.57. The lowest BCUT2D eigenvalue weighted by molar-refractivity contribution is -0.152. The molecule has 0 aliphatic carbocycles. The zero-order valence-electron chi connectivity index (χ0n) is 22.5. The molecule has 9 heteroatoms. The largest absolute Gasteiger partial charge is 0.494 e. The van der Waals surface area contributed by atoms with Crippen molar-refractivity contribution in [1.29, 1.82) is 0 Å². The molecule has 4 heterocycles. The highest BCUT2D eigenvalue weighted by atomic mass is 16.5. The number of likely N-dealkylation sites (tertiary alicyclic amines) is 1. The van der Waals surface area contributed by atoms with Crippen molar-refractivity contribution >= 4 is 23.4 Å². The molecular formula is C29H37N3O6. The van der Waals surface area contributed by atoms with Crippen LogP contribution >= 0.6 is 0 Å². The van der Waals surface area contributed by atoms with Crippen molar-refractivity contribution in [3.63, 3.8) is 0 Å². The number of carbonyl (C=O) groups is 3. The van der Waals surface area contributed by atoms with Crippen LogP contribution in [0.4, 0.5) is 5.69 Å². The van der Waals surface area contributed by atoms with Gasteiger partial charge < -0.3 is 29.3 Å². The molecule has 2 fully saturated rings. The van der Waals surface area contributed by atoms with E-state index < -0.39 is 29.1 Å². The van der Waals surface area contributed by atoms with E-state index in [1.807, 2.05) is 76.3 Å². The van der Waals surface area contributed by atoms with Crippen molar-refractivity contribution in [3.8, 4) is 5.75 Å². The molecule has 1 spiro atoms. The number of aliphatic hydroxyl groups is 1. The third-order valence-electron chi connectivity index (χ3n) is 8.23. The van der Waals surface area contributed by atoms with E-state index >= 15 is 0 Å². The number of nitrogens with zero attached hydrogens (tertiary/aromatic N) is 3. The van der Waals surface area contributed by atoms with E-state index in [9.17, 15) is 19.5 Å². The number of benzene rings is 1. The van der Waals surface area contributed by atoms with Crippen LogP contribution in [-0.2, 0) is 19.1 Å². The number of hydrogen-bond acceptors (Lipinski definition) is 6. The van der Waals surface area contributed by atoms with Crippen molar-refractivity contribution in [2.75, 3.05) is 37.7 Å². The number of fused-ring (bicyclic) bond motifs is 2. The molecule has 9 nitrogen and oxygen atoms in total. The topological polar surface area (TPSA) is 99.6 Å². The molecule has 4 aliphatic heterocycles. The fourth-order valence-electron chi connectivity index (χ4n) is 6.61. The van der Waals surface area contributed by atoms with E-state index in [0.717, 1.165) is 0 Å². The van der Waals surface area contributed by atoms with Crippen LogP contribution in [0.25, 0.3) is 0 Å². The smallest absolute Gasteiger partial charge is 0.249 e. The minimum atomic E-state index is -1.28. The van der Waals surface area contributed by atoms with Crippen molar-refractivity contribution in [1.82, 2.24) is 9.80 Å². The summed E-state index contributed by atoms with van der Waals surface area (Å²) in [5.74, 6) is -1.68. The average Bonchev–Trinajstić information content (AvgIpc) is 3.14. The maximum Gasteiger partial charge on any atom is 0.249 e. The van der Waals surface area contributed by atoms with Crippen LogP contribution in [0.5, 0.6) is 5.75 Å². The van der Waals surface area contributed by atoms with Crippen LogP contribution < -0.4 is 9.64 Å². The van der Waals surface area contributed by atoms with E-state index in [2.05, 4.69) is 0 Å². The normalized spacial score (nSPS) is 32.4. The summed E-state index contributed by atoms with van der Waals surface area (Å²) < 4.78 is 12.4. The van der Waals surface area contributed by atoms with Gasteiger partial charge in [0.15, 0.2) is 0 Å². The maximum absolute atomic E-state index is 14.3. The Labute approximate surface area is 223 Å². The Morgan fingerprint density at radius 3 is 2.39 bits per heavy atom. The highest BCUT2D eigenvalue weighted by Gasteiger charge is 2.74. The summed E-state index contributed by atoms with van der Waals surface area (Å²) in [7, 11) is 0. The molecule has 1 aromatic rings. The molecule has 38 heavy (non-hydrogen) atoms. The molecule has 1 N–H and O–H groups in total. The second-order valence-corrected chi connectivity index (χ2v) is 10.9. The summed E-state index contributed by atoms with van der Waals surface area (Å²) in [6.07, 6.45) is 7.85. The van der Waals surface area contributed by atoms with Gasteiger partial charge in [-0.25, -0.2) is 0 Å². The number of hydrogen-bond donors (Lipinski definition) is 1. The van der Waals surface area contributed by atoms with Gasteiger partial charge in [0.25, 0.3) is 0 Å². The number of aliphatic hydroxyl groups excluding tert-OH is 1. The van der Waals surface area contributed by atoms with Crippen LogP contribution in [-0.4, -0.2) is 88.8 Å². The summed E-state index contributed by atoms with van der Waals surface area (Å²) in [4.78, 5) is 47.4. The van der Waals surface area contributed by atoms with Gasteiger partial charge in [-0.15, -0.1) is 0 Å². The Kier molecular flexibility index (Phi) is 6.86. The monoisotopic (exact) mass is 523 g/mol. The lowest BCUT2D eigenvalue weighted by Gasteiger charge is -2.38. The van der Waals surface area contributed by atoms with Gasteiger partial charge in [0.2, 0.25) is 17.7 Å². The highest BCUT2D eigenvalue weighted by molar-refractivity contribution is 6.04. The zero-order valence-corrected chi connectivity index (χ0v) is 22.5. The molecule has 1 aromatic carbocycles. The molecule has 0 bridgehead atoms. The van der Waals surface area contributed by atoms with Crippen LogP contribution in [0.1, 0.15) is 34.1 Å². The van der Waals surface area contributed by atoms with Crippen LogP contribution in [0.3, 0.4) is 0 Å². The lowest BCUT2D eigenvalue weighted by Crippen LogP contribution is -2.57. The Bertz CT molecular complexity index is 1160. The summed E-state index contributed by atoms with van der Waals surface area (Å²) >= 11 is 0. The molecule has 204 valence electrons. The van der Waals surface area contributed by atoms with Gasteiger partial charge in [-0.1, -0.05) is 24.3 Å². The van der Waals surface area contributed by atoms with Crippen molar-refractivity contribution < 1.29 is 29.0 Å². The third-order valence-corrected chi connectivity index (χ3v) is 8.23. The maximum atomic E-state index is 14.3. The second kappa shape index (κ2) is 9.85. The minimum Gasteiger partial charge on any atom is -0.494 e. The van der Waals surface area contributed by atoms with Crippen molar-refractivity contribution in [2.24, 2.45) is 11.8 Å².